The standard InChI is InChI=1S/C20H23ClN2O6S/c1-13-6-7-17(14(2)20(13)29-12-18(24)25)30(26,27)22-16-5-3-4-15(21)19(16)23-8-10-28-11-9-23/h3-7,22H,8-12H2,1-2H3,(H,24,25). The first-order valence-corrected chi connectivity index (χ1v) is 11.2. The molecule has 10 heteroatoms. The minimum atomic E-state index is -3.99. The van der Waals surface area contributed by atoms with Gasteiger partial charge in [-0.05, 0) is 37.6 Å². The summed E-state index contributed by atoms with van der Waals surface area (Å²) in [5, 5.41) is 9.31. The van der Waals surface area contributed by atoms with Gasteiger partial charge in [-0.15, -0.1) is 0 Å². The number of carbonyl (C=O) groups is 1. The van der Waals surface area contributed by atoms with Crippen LogP contribution in [0.25, 0.3) is 0 Å². The summed E-state index contributed by atoms with van der Waals surface area (Å²) in [6, 6.07) is 8.09. The summed E-state index contributed by atoms with van der Waals surface area (Å²) >= 11 is 6.39. The van der Waals surface area contributed by atoms with Crippen LogP contribution in [0.2, 0.25) is 5.02 Å². The monoisotopic (exact) mass is 454 g/mol. The van der Waals surface area contributed by atoms with E-state index in [-0.39, 0.29) is 10.6 Å². The number of aryl methyl sites for hydroxylation is 1. The van der Waals surface area contributed by atoms with Gasteiger partial charge in [-0.2, -0.15) is 0 Å². The third-order valence-electron chi connectivity index (χ3n) is 4.74. The van der Waals surface area contributed by atoms with Gasteiger partial charge in [0.2, 0.25) is 0 Å². The lowest BCUT2D eigenvalue weighted by Gasteiger charge is -2.31. The Kier molecular flexibility index (Phi) is 6.74. The van der Waals surface area contributed by atoms with E-state index in [1.165, 1.54) is 6.07 Å². The molecular formula is C20H23ClN2O6S. The minimum absolute atomic E-state index is 0.00129. The Morgan fingerprint density at radius 3 is 2.60 bits per heavy atom. The highest BCUT2D eigenvalue weighted by Gasteiger charge is 2.25. The molecule has 1 heterocycles. The maximum absolute atomic E-state index is 13.2. The number of nitrogens with one attached hydrogen (secondary N) is 1. The van der Waals surface area contributed by atoms with Gasteiger partial charge in [0, 0.05) is 18.7 Å². The van der Waals surface area contributed by atoms with Crippen molar-refractivity contribution >= 4 is 39.0 Å². The smallest absolute Gasteiger partial charge is 0.341 e. The molecule has 30 heavy (non-hydrogen) atoms. The number of aliphatic carboxylic acids is 1. The Morgan fingerprint density at radius 1 is 1.23 bits per heavy atom. The van der Waals surface area contributed by atoms with Crippen LogP contribution in [0, 0.1) is 13.8 Å². The van der Waals surface area contributed by atoms with E-state index in [1.54, 1.807) is 38.1 Å². The number of benzene rings is 2. The van der Waals surface area contributed by atoms with Crippen LogP contribution in [-0.4, -0.2) is 52.4 Å². The molecule has 1 fully saturated rings. The largest absolute Gasteiger partial charge is 0.481 e. The van der Waals surface area contributed by atoms with Crippen molar-refractivity contribution in [3.05, 3.63) is 46.5 Å². The van der Waals surface area contributed by atoms with Crippen molar-refractivity contribution in [2.24, 2.45) is 0 Å². The topological polar surface area (TPSA) is 105 Å². The second-order valence-corrected chi connectivity index (χ2v) is 8.92. The van der Waals surface area contributed by atoms with Crippen LogP contribution in [0.3, 0.4) is 0 Å². The first-order valence-electron chi connectivity index (χ1n) is 9.29. The highest BCUT2D eigenvalue weighted by Crippen LogP contribution is 2.37. The van der Waals surface area contributed by atoms with Crippen LogP contribution in [0.4, 0.5) is 11.4 Å². The van der Waals surface area contributed by atoms with Gasteiger partial charge in [0.25, 0.3) is 10.0 Å². The summed E-state index contributed by atoms with van der Waals surface area (Å²) in [5.41, 5.74) is 1.93. The van der Waals surface area contributed by atoms with Crippen molar-refractivity contribution in [1.82, 2.24) is 0 Å². The molecule has 0 aromatic heterocycles. The number of hydrogen-bond acceptors (Lipinski definition) is 6. The van der Waals surface area contributed by atoms with E-state index in [2.05, 4.69) is 4.72 Å². The van der Waals surface area contributed by atoms with Crippen molar-refractivity contribution in [2.45, 2.75) is 18.7 Å². The number of nitrogens with zero attached hydrogens (tertiary/aromatic N) is 1. The fourth-order valence-electron chi connectivity index (χ4n) is 3.36. The quantitative estimate of drug-likeness (QED) is 0.662. The number of para-hydroxylation sites is 1. The minimum Gasteiger partial charge on any atom is -0.481 e. The maximum Gasteiger partial charge on any atom is 0.341 e. The fourth-order valence-corrected chi connectivity index (χ4v) is 4.96. The second kappa shape index (κ2) is 9.11. The first kappa shape index (κ1) is 22.2. The number of halogens is 1. The predicted octanol–water partition coefficient (Wildman–Crippen LogP) is 3.06. The third kappa shape index (κ3) is 4.80. The van der Waals surface area contributed by atoms with Gasteiger partial charge < -0.3 is 19.5 Å². The molecular weight excluding hydrogens is 432 g/mol. The van der Waals surface area contributed by atoms with Crippen LogP contribution in [0.1, 0.15) is 11.1 Å². The molecule has 8 nitrogen and oxygen atoms in total. The summed E-state index contributed by atoms with van der Waals surface area (Å²) in [5.74, 6) is -0.908. The lowest BCUT2D eigenvalue weighted by molar-refractivity contribution is -0.139. The predicted molar refractivity (Wildman–Crippen MR) is 114 cm³/mol. The molecule has 0 atom stereocenters. The Labute approximate surface area is 180 Å². The van der Waals surface area contributed by atoms with Crippen LogP contribution in [-0.2, 0) is 19.6 Å². The summed E-state index contributed by atoms with van der Waals surface area (Å²) in [6.45, 7) is 4.98. The molecule has 0 radical (unpaired) electrons. The lowest BCUT2D eigenvalue weighted by Crippen LogP contribution is -2.37. The van der Waals surface area contributed by atoms with E-state index in [4.69, 9.17) is 26.2 Å². The molecule has 0 spiro atoms. The molecule has 2 N–H and O–H groups in total. The lowest BCUT2D eigenvalue weighted by atomic mass is 10.1. The Bertz CT molecular complexity index is 1050. The summed E-state index contributed by atoms with van der Waals surface area (Å²) in [4.78, 5) is 12.8. The Hall–Kier alpha value is -2.49. The first-order chi connectivity index (χ1) is 14.2. The number of sulfonamides is 1. The zero-order chi connectivity index (χ0) is 21.9. The van der Waals surface area contributed by atoms with E-state index < -0.39 is 22.6 Å². The van der Waals surface area contributed by atoms with Gasteiger partial charge in [-0.1, -0.05) is 23.7 Å². The number of hydrogen-bond donors (Lipinski definition) is 2. The van der Waals surface area contributed by atoms with E-state index in [0.717, 1.165) is 0 Å². The van der Waals surface area contributed by atoms with Crippen molar-refractivity contribution in [2.75, 3.05) is 42.5 Å². The van der Waals surface area contributed by atoms with Crippen LogP contribution < -0.4 is 14.4 Å². The molecule has 1 aliphatic heterocycles. The number of morpholine rings is 1. The third-order valence-corrected chi connectivity index (χ3v) is 6.56. The molecule has 1 saturated heterocycles. The van der Waals surface area contributed by atoms with Crippen molar-refractivity contribution in [3.63, 3.8) is 0 Å². The van der Waals surface area contributed by atoms with Crippen molar-refractivity contribution < 1.29 is 27.8 Å². The zero-order valence-corrected chi connectivity index (χ0v) is 18.2. The van der Waals surface area contributed by atoms with Crippen LogP contribution in [0.15, 0.2) is 35.2 Å². The summed E-state index contributed by atoms with van der Waals surface area (Å²) in [7, 11) is -3.99. The number of carboxylic acids is 1. The normalized spacial score (nSPS) is 14.4. The van der Waals surface area contributed by atoms with E-state index in [9.17, 15) is 13.2 Å². The Morgan fingerprint density at radius 2 is 1.93 bits per heavy atom. The average Bonchev–Trinajstić information content (AvgIpc) is 2.68. The van der Waals surface area contributed by atoms with Crippen molar-refractivity contribution in [3.8, 4) is 5.75 Å². The average molecular weight is 455 g/mol. The molecule has 162 valence electrons. The molecule has 1 aliphatic rings. The molecule has 2 aromatic rings. The summed E-state index contributed by atoms with van der Waals surface area (Å²) < 4.78 is 39.7. The summed E-state index contributed by atoms with van der Waals surface area (Å²) in [6.07, 6.45) is 0. The SMILES string of the molecule is Cc1ccc(S(=O)(=O)Nc2cccc(Cl)c2N2CCOCC2)c(C)c1OCC(=O)O. The number of anilines is 2. The maximum atomic E-state index is 13.2. The van der Waals surface area contributed by atoms with Gasteiger partial charge >= 0.3 is 5.97 Å². The number of ether oxygens (including phenoxy) is 2. The Balaban J connectivity index is 1.97. The van der Waals surface area contributed by atoms with Gasteiger partial charge in [-0.25, -0.2) is 13.2 Å². The second-order valence-electron chi connectivity index (χ2n) is 6.86. The molecule has 0 aliphatic carbocycles. The van der Waals surface area contributed by atoms with Gasteiger partial charge in [0.15, 0.2) is 6.61 Å². The van der Waals surface area contributed by atoms with E-state index in [0.29, 0.717) is 53.8 Å². The molecule has 3 rings (SSSR count). The molecule has 0 unspecified atom stereocenters. The van der Waals surface area contributed by atoms with Crippen molar-refractivity contribution in [1.29, 1.82) is 0 Å². The van der Waals surface area contributed by atoms with E-state index in [1.807, 2.05) is 4.90 Å². The zero-order valence-electron chi connectivity index (χ0n) is 16.6. The highest BCUT2D eigenvalue weighted by molar-refractivity contribution is 7.92. The number of carboxylic acid groups (broad SMARTS) is 1. The van der Waals surface area contributed by atoms with Gasteiger partial charge in [0.1, 0.15) is 5.75 Å². The van der Waals surface area contributed by atoms with Gasteiger partial charge in [-0.3, -0.25) is 4.72 Å². The number of rotatable bonds is 7. The van der Waals surface area contributed by atoms with E-state index >= 15 is 0 Å². The van der Waals surface area contributed by atoms with Crippen LogP contribution in [0.5, 0.6) is 5.75 Å². The highest BCUT2D eigenvalue weighted by atomic mass is 35.5. The molecule has 2 aromatic carbocycles. The fraction of sp³-hybridized carbons (Fsp3) is 0.350. The molecule has 0 saturated carbocycles. The molecule has 0 bridgehead atoms. The van der Waals surface area contributed by atoms with Gasteiger partial charge in [0.05, 0.1) is 34.5 Å². The van der Waals surface area contributed by atoms with Crippen LogP contribution >= 0.6 is 11.6 Å². The molecule has 0 amide bonds.